The maximum Gasteiger partial charge on any atom is 0.238 e. The average molecular weight is 292 g/mol. The molecule has 0 heterocycles. The van der Waals surface area contributed by atoms with Crippen LogP contribution >= 0.6 is 0 Å². The van der Waals surface area contributed by atoms with Gasteiger partial charge in [0.05, 0.1) is 12.1 Å². The molecule has 0 spiro atoms. The van der Waals surface area contributed by atoms with Gasteiger partial charge in [-0.25, -0.2) is 0 Å². The van der Waals surface area contributed by atoms with Crippen molar-refractivity contribution in [2.45, 2.75) is 45.8 Å². The number of hydrogen-bond acceptors (Lipinski definition) is 4. The molecule has 0 atom stereocenters. The second-order valence-corrected chi connectivity index (χ2v) is 6.22. The third kappa shape index (κ3) is 4.95. The number of ketones is 1. The van der Waals surface area contributed by atoms with Crippen molar-refractivity contribution in [1.82, 2.24) is 5.32 Å². The van der Waals surface area contributed by atoms with E-state index in [1.807, 2.05) is 13.8 Å². The van der Waals surface area contributed by atoms with Crippen molar-refractivity contribution in [2.24, 2.45) is 0 Å². The van der Waals surface area contributed by atoms with Crippen LogP contribution in [0.4, 0.5) is 5.69 Å². The van der Waals surface area contributed by atoms with E-state index in [-0.39, 0.29) is 18.2 Å². The van der Waals surface area contributed by atoms with Crippen LogP contribution in [0.5, 0.6) is 0 Å². The van der Waals surface area contributed by atoms with Gasteiger partial charge in [0.15, 0.2) is 5.78 Å². The summed E-state index contributed by atoms with van der Waals surface area (Å²) in [6.45, 7) is 8.59. The largest absolute Gasteiger partial charge is 0.389 e. The lowest BCUT2D eigenvalue weighted by Gasteiger charge is -2.38. The predicted molar refractivity (Wildman–Crippen MR) is 83.5 cm³/mol. The lowest BCUT2D eigenvalue weighted by molar-refractivity contribution is -0.116. The van der Waals surface area contributed by atoms with E-state index in [0.29, 0.717) is 11.3 Å². The van der Waals surface area contributed by atoms with Gasteiger partial charge in [0.1, 0.15) is 0 Å². The van der Waals surface area contributed by atoms with E-state index in [0.717, 1.165) is 0 Å². The lowest BCUT2D eigenvalue weighted by atomic mass is 9.86. The van der Waals surface area contributed by atoms with Gasteiger partial charge < -0.3 is 15.7 Å². The number of hydrogen-bond donors (Lipinski definition) is 3. The van der Waals surface area contributed by atoms with Crippen molar-refractivity contribution >= 4 is 17.4 Å². The number of carbonyl (C=O) groups excluding carboxylic acids is 2. The monoisotopic (exact) mass is 292 g/mol. The number of benzene rings is 1. The van der Waals surface area contributed by atoms with Gasteiger partial charge in [0.25, 0.3) is 0 Å². The van der Waals surface area contributed by atoms with E-state index in [2.05, 4.69) is 10.6 Å². The Morgan fingerprint density at radius 3 is 2.33 bits per heavy atom. The maximum atomic E-state index is 11.9. The number of aliphatic hydroxyl groups is 1. The van der Waals surface area contributed by atoms with Crippen LogP contribution in [-0.2, 0) is 4.79 Å². The molecule has 0 saturated carbocycles. The van der Waals surface area contributed by atoms with Gasteiger partial charge in [-0.3, -0.25) is 9.59 Å². The Morgan fingerprint density at radius 2 is 1.81 bits per heavy atom. The second-order valence-electron chi connectivity index (χ2n) is 6.22. The fourth-order valence-corrected chi connectivity index (χ4v) is 1.54. The van der Waals surface area contributed by atoms with Crippen molar-refractivity contribution < 1.29 is 14.7 Å². The van der Waals surface area contributed by atoms with Crippen molar-refractivity contribution in [3.8, 4) is 0 Å². The molecule has 0 bridgehead atoms. The smallest absolute Gasteiger partial charge is 0.238 e. The summed E-state index contributed by atoms with van der Waals surface area (Å²) in [4.78, 5) is 23.2. The second kappa shape index (κ2) is 6.37. The summed E-state index contributed by atoms with van der Waals surface area (Å²) < 4.78 is 0. The van der Waals surface area contributed by atoms with Crippen LogP contribution in [0.3, 0.4) is 0 Å². The van der Waals surface area contributed by atoms with Crippen LogP contribution in [-0.4, -0.2) is 34.5 Å². The van der Waals surface area contributed by atoms with E-state index in [4.69, 9.17) is 0 Å². The molecule has 116 valence electrons. The molecule has 21 heavy (non-hydrogen) atoms. The maximum absolute atomic E-state index is 11.9. The molecule has 1 amide bonds. The lowest BCUT2D eigenvalue weighted by Crippen LogP contribution is -2.57. The molecule has 5 nitrogen and oxygen atoms in total. The average Bonchev–Trinajstić information content (AvgIpc) is 2.35. The Kier molecular flexibility index (Phi) is 5.25. The third-order valence-corrected chi connectivity index (χ3v) is 3.77. The highest BCUT2D eigenvalue weighted by Crippen LogP contribution is 2.20. The van der Waals surface area contributed by atoms with Crippen LogP contribution in [0.15, 0.2) is 24.3 Å². The van der Waals surface area contributed by atoms with E-state index >= 15 is 0 Å². The summed E-state index contributed by atoms with van der Waals surface area (Å²) in [6, 6.07) is 6.79. The first-order chi connectivity index (χ1) is 9.53. The number of nitrogens with one attached hydrogen (secondary N) is 2. The number of amides is 1. The fraction of sp³-hybridized carbons (Fsp3) is 0.500. The minimum absolute atomic E-state index is 0.0487. The Balaban J connectivity index is 2.63. The van der Waals surface area contributed by atoms with Crippen molar-refractivity contribution in [3.63, 3.8) is 0 Å². The summed E-state index contributed by atoms with van der Waals surface area (Å²) in [6.07, 6.45) is 0. The highest BCUT2D eigenvalue weighted by atomic mass is 16.3. The minimum atomic E-state index is -0.957. The van der Waals surface area contributed by atoms with Gasteiger partial charge in [-0.15, -0.1) is 0 Å². The molecule has 0 radical (unpaired) electrons. The van der Waals surface area contributed by atoms with Crippen LogP contribution < -0.4 is 10.6 Å². The van der Waals surface area contributed by atoms with Crippen LogP contribution in [0.25, 0.3) is 0 Å². The number of rotatable bonds is 6. The summed E-state index contributed by atoms with van der Waals surface area (Å²) in [5.41, 5.74) is -0.430. The van der Waals surface area contributed by atoms with Crippen LogP contribution in [0.2, 0.25) is 0 Å². The highest BCUT2D eigenvalue weighted by Gasteiger charge is 2.34. The molecule has 5 heteroatoms. The summed E-state index contributed by atoms with van der Waals surface area (Å²) >= 11 is 0. The van der Waals surface area contributed by atoms with Gasteiger partial charge in [-0.2, -0.15) is 0 Å². The Labute approximate surface area is 125 Å². The zero-order valence-corrected chi connectivity index (χ0v) is 13.3. The quantitative estimate of drug-likeness (QED) is 0.700. The van der Waals surface area contributed by atoms with Crippen molar-refractivity contribution in [3.05, 3.63) is 29.8 Å². The molecule has 1 aromatic carbocycles. The molecule has 0 aliphatic rings. The van der Waals surface area contributed by atoms with E-state index in [1.165, 1.54) is 6.92 Å². The molecule has 1 rings (SSSR count). The van der Waals surface area contributed by atoms with E-state index in [9.17, 15) is 14.7 Å². The van der Waals surface area contributed by atoms with E-state index in [1.54, 1.807) is 38.1 Å². The number of carbonyl (C=O) groups is 2. The van der Waals surface area contributed by atoms with Crippen LogP contribution in [0, 0.1) is 0 Å². The standard InChI is InChI=1S/C16H24N2O3/c1-11(19)12-7-6-8-13(9-12)18-14(20)10-17-15(2,3)16(4,5)21/h6-9,17,21H,10H2,1-5H3,(H,18,20). The Bertz CT molecular complexity index is 531. The van der Waals surface area contributed by atoms with Gasteiger partial charge in [0.2, 0.25) is 5.91 Å². The number of anilines is 1. The van der Waals surface area contributed by atoms with Crippen LogP contribution in [0.1, 0.15) is 45.0 Å². The van der Waals surface area contributed by atoms with Gasteiger partial charge in [-0.05, 0) is 46.8 Å². The van der Waals surface area contributed by atoms with Gasteiger partial charge in [0, 0.05) is 16.8 Å². The SMILES string of the molecule is CC(=O)c1cccc(NC(=O)CNC(C)(C)C(C)(C)O)c1. The fourth-order valence-electron chi connectivity index (χ4n) is 1.54. The molecule has 0 aromatic heterocycles. The molecule has 1 aromatic rings. The molecule has 0 aliphatic carbocycles. The van der Waals surface area contributed by atoms with Gasteiger partial charge >= 0.3 is 0 Å². The highest BCUT2D eigenvalue weighted by molar-refractivity contribution is 5.97. The summed E-state index contributed by atoms with van der Waals surface area (Å²) in [7, 11) is 0. The molecule has 0 aliphatic heterocycles. The zero-order valence-electron chi connectivity index (χ0n) is 13.3. The summed E-state index contributed by atoms with van der Waals surface area (Å²) in [5.74, 6) is -0.277. The van der Waals surface area contributed by atoms with Gasteiger partial charge in [-0.1, -0.05) is 12.1 Å². The number of Topliss-reactive ketones (excluding diaryl/α,β-unsaturated/α-hetero) is 1. The molecule has 0 saturated heterocycles. The molecule has 3 N–H and O–H groups in total. The van der Waals surface area contributed by atoms with Crippen molar-refractivity contribution in [2.75, 3.05) is 11.9 Å². The molecule has 0 unspecified atom stereocenters. The van der Waals surface area contributed by atoms with E-state index < -0.39 is 11.1 Å². The molecule has 0 fully saturated rings. The summed E-state index contributed by atoms with van der Waals surface area (Å²) in [5, 5.41) is 15.8. The minimum Gasteiger partial charge on any atom is -0.389 e. The first kappa shape index (κ1) is 17.3. The Morgan fingerprint density at radius 1 is 1.19 bits per heavy atom. The zero-order chi connectivity index (χ0) is 16.3. The molecular formula is C16H24N2O3. The Hall–Kier alpha value is -1.72. The third-order valence-electron chi connectivity index (χ3n) is 3.77. The topological polar surface area (TPSA) is 78.4 Å². The predicted octanol–water partition coefficient (Wildman–Crippen LogP) is 1.97. The first-order valence-electron chi connectivity index (χ1n) is 6.91. The van der Waals surface area contributed by atoms with Crippen molar-refractivity contribution in [1.29, 1.82) is 0 Å². The molecular weight excluding hydrogens is 268 g/mol. The first-order valence-corrected chi connectivity index (χ1v) is 6.91. The normalized spacial score (nSPS) is 12.1.